The SMILES string of the molecule is Cc1ccc(Cc2[nH][nH]c(=O)c2N=Nc2cccc(-c3cccc(P(=O)(O)O)c3)c2O)cc1C. The van der Waals surface area contributed by atoms with Gasteiger partial charge in [-0.3, -0.25) is 19.6 Å². The summed E-state index contributed by atoms with van der Waals surface area (Å²) < 4.78 is 11.6. The Morgan fingerprint density at radius 3 is 2.41 bits per heavy atom. The Morgan fingerprint density at radius 1 is 0.912 bits per heavy atom. The molecule has 0 spiro atoms. The second kappa shape index (κ2) is 9.23. The van der Waals surface area contributed by atoms with Crippen molar-refractivity contribution in [1.29, 1.82) is 0 Å². The molecule has 174 valence electrons. The normalized spacial score (nSPS) is 11.9. The number of aromatic amines is 2. The summed E-state index contributed by atoms with van der Waals surface area (Å²) in [5.41, 5.74) is 4.38. The highest BCUT2D eigenvalue weighted by Crippen LogP contribution is 2.40. The van der Waals surface area contributed by atoms with Crippen LogP contribution in [0.2, 0.25) is 0 Å². The molecule has 1 aromatic heterocycles. The molecule has 5 N–H and O–H groups in total. The second-order valence-corrected chi connectivity index (χ2v) is 9.57. The third kappa shape index (κ3) is 4.92. The lowest BCUT2D eigenvalue weighted by molar-refractivity contribution is 0.387. The van der Waals surface area contributed by atoms with Gasteiger partial charge < -0.3 is 14.9 Å². The van der Waals surface area contributed by atoms with Crippen molar-refractivity contribution in [3.8, 4) is 16.9 Å². The number of phenols is 1. The zero-order valence-corrected chi connectivity index (χ0v) is 19.4. The molecule has 3 aromatic carbocycles. The van der Waals surface area contributed by atoms with E-state index in [0.717, 1.165) is 11.1 Å². The third-order valence-electron chi connectivity index (χ3n) is 5.55. The number of nitrogens with zero attached hydrogens (tertiary/aromatic N) is 2. The van der Waals surface area contributed by atoms with E-state index >= 15 is 0 Å². The van der Waals surface area contributed by atoms with Crippen LogP contribution >= 0.6 is 7.60 Å². The fourth-order valence-corrected chi connectivity index (χ4v) is 4.13. The molecular weight excluding hydrogens is 455 g/mol. The number of aryl methyl sites for hydroxylation is 2. The summed E-state index contributed by atoms with van der Waals surface area (Å²) in [4.78, 5) is 31.2. The van der Waals surface area contributed by atoms with Gasteiger partial charge in [-0.2, -0.15) is 0 Å². The number of nitrogens with one attached hydrogen (secondary N) is 2. The number of aromatic nitrogens is 2. The summed E-state index contributed by atoms with van der Waals surface area (Å²) in [6.07, 6.45) is 0.440. The molecule has 0 unspecified atom stereocenters. The lowest BCUT2D eigenvalue weighted by Gasteiger charge is -2.09. The molecule has 0 aliphatic heterocycles. The van der Waals surface area contributed by atoms with Crippen molar-refractivity contribution in [2.24, 2.45) is 10.2 Å². The Bertz CT molecular complexity index is 1500. The number of hydrogen-bond donors (Lipinski definition) is 5. The Balaban J connectivity index is 1.66. The van der Waals surface area contributed by atoms with Gasteiger partial charge in [0.25, 0.3) is 5.56 Å². The highest BCUT2D eigenvalue weighted by molar-refractivity contribution is 7.60. The van der Waals surface area contributed by atoms with Crippen LogP contribution in [0.3, 0.4) is 0 Å². The summed E-state index contributed by atoms with van der Waals surface area (Å²) in [7, 11) is -4.45. The first-order valence-corrected chi connectivity index (χ1v) is 12.0. The van der Waals surface area contributed by atoms with Crippen LogP contribution in [-0.4, -0.2) is 25.1 Å². The lowest BCUT2D eigenvalue weighted by atomic mass is 10.0. The molecule has 34 heavy (non-hydrogen) atoms. The van der Waals surface area contributed by atoms with Gasteiger partial charge in [-0.25, -0.2) is 0 Å². The summed E-state index contributed by atoms with van der Waals surface area (Å²) in [5.74, 6) is -0.225. The molecule has 0 saturated heterocycles. The van der Waals surface area contributed by atoms with Crippen molar-refractivity contribution in [3.63, 3.8) is 0 Å². The average Bonchev–Trinajstić information content (AvgIpc) is 3.14. The van der Waals surface area contributed by atoms with Crippen molar-refractivity contribution >= 4 is 24.3 Å². The summed E-state index contributed by atoms with van der Waals surface area (Å²) in [6, 6.07) is 16.5. The van der Waals surface area contributed by atoms with Gasteiger partial charge in [0.1, 0.15) is 5.69 Å². The van der Waals surface area contributed by atoms with E-state index in [1.165, 1.54) is 29.8 Å². The summed E-state index contributed by atoms with van der Waals surface area (Å²) in [5, 5.41) is 24.1. The van der Waals surface area contributed by atoms with E-state index < -0.39 is 13.2 Å². The zero-order valence-electron chi connectivity index (χ0n) is 18.5. The van der Waals surface area contributed by atoms with E-state index in [2.05, 4.69) is 20.4 Å². The van der Waals surface area contributed by atoms with E-state index in [9.17, 15) is 24.3 Å². The number of azo groups is 1. The molecule has 4 aromatic rings. The number of benzene rings is 3. The third-order valence-corrected chi connectivity index (χ3v) is 6.50. The minimum absolute atomic E-state index is 0.103. The Hall–Kier alpha value is -3.78. The minimum atomic E-state index is -4.45. The van der Waals surface area contributed by atoms with Crippen LogP contribution in [0.25, 0.3) is 11.1 Å². The van der Waals surface area contributed by atoms with Crippen LogP contribution in [0.4, 0.5) is 11.4 Å². The first-order valence-electron chi connectivity index (χ1n) is 10.4. The fourth-order valence-electron chi connectivity index (χ4n) is 3.54. The first kappa shape index (κ1) is 23.4. The van der Waals surface area contributed by atoms with Crippen LogP contribution in [0, 0.1) is 13.8 Å². The maximum Gasteiger partial charge on any atom is 0.356 e. The minimum Gasteiger partial charge on any atom is -0.505 e. The van der Waals surface area contributed by atoms with Crippen molar-refractivity contribution in [2.75, 3.05) is 0 Å². The Labute approximate surface area is 195 Å². The topological polar surface area (TPSA) is 151 Å². The van der Waals surface area contributed by atoms with E-state index in [4.69, 9.17) is 0 Å². The molecule has 0 atom stereocenters. The van der Waals surface area contributed by atoms with E-state index in [0.29, 0.717) is 23.2 Å². The maximum atomic E-state index is 12.3. The van der Waals surface area contributed by atoms with Crippen LogP contribution in [0.15, 0.2) is 75.7 Å². The maximum absolute atomic E-state index is 12.3. The Kier molecular flexibility index (Phi) is 6.34. The predicted octanol–water partition coefficient (Wildman–Crippen LogP) is 4.50. The van der Waals surface area contributed by atoms with E-state index in [1.54, 1.807) is 18.2 Å². The molecule has 9 nitrogen and oxygen atoms in total. The van der Waals surface area contributed by atoms with Gasteiger partial charge in [0.2, 0.25) is 0 Å². The fraction of sp³-hybridized carbons (Fsp3) is 0.125. The van der Waals surface area contributed by atoms with Gasteiger partial charge in [-0.15, -0.1) is 10.2 Å². The van der Waals surface area contributed by atoms with Crippen LogP contribution < -0.4 is 10.9 Å². The second-order valence-electron chi connectivity index (χ2n) is 7.97. The first-order chi connectivity index (χ1) is 16.1. The average molecular weight is 478 g/mol. The van der Waals surface area contributed by atoms with Gasteiger partial charge in [0.05, 0.1) is 11.0 Å². The molecule has 4 rings (SSSR count). The number of hydrogen-bond acceptors (Lipinski definition) is 5. The molecule has 10 heteroatoms. The number of para-hydroxylation sites is 1. The molecule has 0 bridgehead atoms. The largest absolute Gasteiger partial charge is 0.505 e. The van der Waals surface area contributed by atoms with E-state index in [-0.39, 0.29) is 22.4 Å². The molecule has 0 saturated carbocycles. The predicted molar refractivity (Wildman–Crippen MR) is 130 cm³/mol. The molecule has 0 aliphatic rings. The smallest absolute Gasteiger partial charge is 0.356 e. The Morgan fingerprint density at radius 2 is 1.68 bits per heavy atom. The summed E-state index contributed by atoms with van der Waals surface area (Å²) in [6.45, 7) is 4.05. The number of aromatic hydroxyl groups is 1. The molecule has 1 heterocycles. The van der Waals surface area contributed by atoms with Crippen LogP contribution in [-0.2, 0) is 11.0 Å². The highest BCUT2D eigenvalue weighted by atomic mass is 31.2. The number of H-pyrrole nitrogens is 2. The van der Waals surface area contributed by atoms with Gasteiger partial charge in [-0.05, 0) is 54.3 Å². The van der Waals surface area contributed by atoms with E-state index in [1.807, 2.05) is 32.0 Å². The van der Waals surface area contributed by atoms with Gasteiger partial charge in [0.15, 0.2) is 11.4 Å². The molecule has 0 aliphatic carbocycles. The van der Waals surface area contributed by atoms with Crippen LogP contribution in [0.1, 0.15) is 22.4 Å². The van der Waals surface area contributed by atoms with Crippen molar-refractivity contribution < 1.29 is 19.5 Å². The van der Waals surface area contributed by atoms with Crippen molar-refractivity contribution in [2.45, 2.75) is 20.3 Å². The molecule has 0 radical (unpaired) electrons. The van der Waals surface area contributed by atoms with Crippen molar-refractivity contribution in [1.82, 2.24) is 10.2 Å². The molecule has 0 amide bonds. The van der Waals surface area contributed by atoms with Gasteiger partial charge >= 0.3 is 7.60 Å². The van der Waals surface area contributed by atoms with Gasteiger partial charge in [-0.1, -0.05) is 42.5 Å². The lowest BCUT2D eigenvalue weighted by Crippen LogP contribution is -2.03. The monoisotopic (exact) mass is 478 g/mol. The number of phenolic OH excluding ortho intramolecular Hbond substituents is 1. The summed E-state index contributed by atoms with van der Waals surface area (Å²) >= 11 is 0. The molecule has 0 fully saturated rings. The molecular formula is C24H23N4O5P. The quantitative estimate of drug-likeness (QED) is 0.204. The van der Waals surface area contributed by atoms with Crippen molar-refractivity contribution in [3.05, 3.63) is 93.4 Å². The van der Waals surface area contributed by atoms with Crippen LogP contribution in [0.5, 0.6) is 5.75 Å². The zero-order chi connectivity index (χ0) is 24.5. The number of rotatable bonds is 6. The highest BCUT2D eigenvalue weighted by Gasteiger charge is 2.19. The van der Waals surface area contributed by atoms with Gasteiger partial charge in [0, 0.05) is 12.0 Å². The standard InChI is InChI=1S/C24H23N4O5P/c1-14-9-10-16(11-15(14)2)12-21-22(24(30)28-26-21)27-25-20-8-4-7-19(23(20)29)17-5-3-6-18(13-17)34(31,32)33/h3-11,13,29H,12H2,1-2H3,(H2,26,28,30)(H2,31,32,33).